The van der Waals surface area contributed by atoms with Crippen LogP contribution >= 0.6 is 15.9 Å². The van der Waals surface area contributed by atoms with Crippen LogP contribution < -0.4 is 47.1 Å². The first-order chi connectivity index (χ1) is 46.3. The van der Waals surface area contributed by atoms with Crippen LogP contribution in [-0.4, -0.2) is 182 Å². The van der Waals surface area contributed by atoms with Crippen molar-refractivity contribution in [1.29, 1.82) is 0 Å². The number of halogens is 1. The van der Waals surface area contributed by atoms with Crippen molar-refractivity contribution in [2.75, 3.05) is 89.7 Å². The SMILES string of the molecule is Cc1cccc(-c2nc(CNc3ccc(Br)c(C(=O)NS(=O)(=O)C(C)(C)C)c3)[nH]c2-c2ccc3ncc(OCCNC(=O)OCc4ccc(NC(=O)C(CCCNC(N)=O)NC(=O)C(NC(=O)CCOCCOCCOCCOCCN5C(=O)C=CC5=O)C(C)C)cc4)cc3n2)n1. The number of nitrogens with zero attached hydrogens (tertiary/aromatic N) is 5. The Morgan fingerprint density at radius 3 is 2.08 bits per heavy atom. The van der Waals surface area contributed by atoms with Crippen LogP contribution in [0.1, 0.15) is 81.3 Å². The maximum absolute atomic E-state index is 13.7. The van der Waals surface area contributed by atoms with E-state index in [0.717, 1.165) is 10.6 Å². The number of alkyl carbamates (subject to hydrolysis) is 1. The van der Waals surface area contributed by atoms with Gasteiger partial charge in [0.05, 0.1) is 117 Å². The van der Waals surface area contributed by atoms with Crippen LogP contribution in [0.15, 0.2) is 102 Å². The van der Waals surface area contributed by atoms with E-state index >= 15 is 0 Å². The number of nitrogens with one attached hydrogen (secondary N) is 8. The van der Waals surface area contributed by atoms with Crippen molar-refractivity contribution < 1.29 is 75.2 Å². The third-order valence-electron chi connectivity index (χ3n) is 14.4. The zero-order valence-electron chi connectivity index (χ0n) is 54.6. The van der Waals surface area contributed by atoms with Crippen LogP contribution in [-0.2, 0) is 70.8 Å². The minimum Gasteiger partial charge on any atom is -0.490 e. The lowest BCUT2D eigenvalue weighted by molar-refractivity contribution is -0.137. The van der Waals surface area contributed by atoms with E-state index in [9.17, 15) is 46.8 Å². The Bertz CT molecular complexity index is 3870. The Morgan fingerprint density at radius 2 is 1.41 bits per heavy atom. The number of H-pyrrole nitrogens is 1. The molecule has 2 aromatic carbocycles. The summed E-state index contributed by atoms with van der Waals surface area (Å²) in [6, 6.07) is 19.5. The number of aryl methyl sites for hydroxylation is 1. The summed E-state index contributed by atoms with van der Waals surface area (Å²) in [5.41, 5.74) is 10.9. The number of nitrogens with two attached hydrogens (primary N) is 1. The van der Waals surface area contributed by atoms with Crippen molar-refractivity contribution in [2.24, 2.45) is 11.7 Å². The number of hydrogen-bond acceptors (Lipinski definition) is 21. The molecule has 1 aliphatic heterocycles. The van der Waals surface area contributed by atoms with E-state index in [2.05, 4.69) is 62.5 Å². The quantitative estimate of drug-likeness (QED) is 0.0175. The smallest absolute Gasteiger partial charge is 0.407 e. The Labute approximate surface area is 569 Å². The lowest BCUT2D eigenvalue weighted by atomic mass is 10.0. The van der Waals surface area contributed by atoms with E-state index in [1.807, 2.05) is 31.2 Å². The number of ether oxygens (including phenoxy) is 6. The number of aromatic nitrogens is 5. The standard InChI is InChI=1S/C65H81BrN14O16S/c1-40(2)57(78-54(81)22-26-91-29-31-93-33-34-94-32-30-92-28-25-80-55(82)20-21-56(80)83)62(86)75-51(11-8-23-68-63(67)87)61(85)73-43-14-12-42(13-15-43)39-96-64(88)69-24-27-95-45-36-52-48(71-37-45)18-19-50(74-52)59-58(49-10-7-9-41(3)72-49)76-53(77-59)38-70-44-16-17-47(66)46(35-44)60(84)79-97(89,90)65(4,5)6/h7,9-10,12-21,35-37,40,51,57,70H,8,11,22-34,38-39H2,1-6H3,(H,69,88)(H,73,85)(H,75,86)(H,76,77)(H,78,81)(H,79,84)(H3,67,68,87). The Balaban J connectivity index is 0.833. The highest BCUT2D eigenvalue weighted by atomic mass is 79.9. The zero-order chi connectivity index (χ0) is 70.1. The number of aromatic amines is 1. The Morgan fingerprint density at radius 1 is 0.732 bits per heavy atom. The number of carbonyl (C=O) groups is 8. The Hall–Kier alpha value is -9.47. The van der Waals surface area contributed by atoms with Gasteiger partial charge in [-0.15, -0.1) is 0 Å². The van der Waals surface area contributed by atoms with Crippen LogP contribution in [0.5, 0.6) is 5.75 Å². The highest BCUT2D eigenvalue weighted by Crippen LogP contribution is 2.31. The second-order valence-electron chi connectivity index (χ2n) is 23.3. The van der Waals surface area contributed by atoms with Gasteiger partial charge >= 0.3 is 12.1 Å². The summed E-state index contributed by atoms with van der Waals surface area (Å²) in [5, 5.41) is 16.7. The molecule has 9 amide bonds. The molecule has 5 heterocycles. The fraction of sp³-hybridized carbons (Fsp3) is 0.415. The number of anilines is 2. The summed E-state index contributed by atoms with van der Waals surface area (Å²) >= 11 is 3.36. The molecule has 4 aromatic heterocycles. The first-order valence-corrected chi connectivity index (χ1v) is 33.4. The van der Waals surface area contributed by atoms with Crippen molar-refractivity contribution in [1.82, 2.24) is 55.8 Å². The van der Waals surface area contributed by atoms with Crippen molar-refractivity contribution in [3.05, 3.63) is 124 Å². The van der Waals surface area contributed by atoms with Crippen molar-refractivity contribution in [3.8, 4) is 28.5 Å². The summed E-state index contributed by atoms with van der Waals surface area (Å²) in [6.07, 6.45) is 3.59. The van der Waals surface area contributed by atoms with Crippen molar-refractivity contribution in [2.45, 2.75) is 90.8 Å². The van der Waals surface area contributed by atoms with Crippen LogP contribution in [0.4, 0.5) is 21.0 Å². The van der Waals surface area contributed by atoms with E-state index < -0.39 is 62.6 Å². The number of imidazole rings is 1. The normalized spacial score (nSPS) is 12.9. The minimum absolute atomic E-state index is 0.0509. The lowest BCUT2D eigenvalue weighted by Crippen LogP contribution is -2.54. The molecule has 97 heavy (non-hydrogen) atoms. The predicted octanol–water partition coefficient (Wildman–Crippen LogP) is 5.32. The topological polar surface area (TPSA) is 407 Å². The van der Waals surface area contributed by atoms with Gasteiger partial charge in [0.1, 0.15) is 42.6 Å². The van der Waals surface area contributed by atoms with Crippen LogP contribution in [0.25, 0.3) is 33.8 Å². The summed E-state index contributed by atoms with van der Waals surface area (Å²) in [6.45, 7) is 12.2. The molecule has 0 spiro atoms. The first kappa shape index (κ1) is 74.9. The van der Waals surface area contributed by atoms with Gasteiger partial charge in [-0.1, -0.05) is 32.0 Å². The fourth-order valence-electron chi connectivity index (χ4n) is 9.08. The third kappa shape index (κ3) is 23.7. The predicted molar refractivity (Wildman–Crippen MR) is 361 cm³/mol. The number of benzene rings is 2. The number of pyridine rings is 3. The van der Waals surface area contributed by atoms with E-state index in [1.165, 1.54) is 39.0 Å². The third-order valence-corrected chi connectivity index (χ3v) is 17.2. The van der Waals surface area contributed by atoms with Gasteiger partial charge in [-0.2, -0.15) is 0 Å². The number of imide groups is 1. The summed E-state index contributed by atoms with van der Waals surface area (Å²) in [5.74, 6) is -2.60. The maximum Gasteiger partial charge on any atom is 0.407 e. The second kappa shape index (κ2) is 36.6. The van der Waals surface area contributed by atoms with E-state index in [4.69, 9.17) is 49.1 Å². The molecular weight excluding hydrogens is 1340 g/mol. The molecule has 32 heteroatoms. The van der Waals surface area contributed by atoms with Crippen molar-refractivity contribution in [3.63, 3.8) is 0 Å². The number of urea groups is 1. The van der Waals surface area contributed by atoms with Crippen LogP contribution in [0, 0.1) is 12.8 Å². The maximum atomic E-state index is 13.7. The molecule has 6 aromatic rings. The fourth-order valence-corrected chi connectivity index (χ4v) is 10.2. The zero-order valence-corrected chi connectivity index (χ0v) is 57.0. The lowest BCUT2D eigenvalue weighted by Gasteiger charge is -2.25. The molecule has 0 saturated carbocycles. The average molecular weight is 1430 g/mol. The summed E-state index contributed by atoms with van der Waals surface area (Å²) < 4.78 is 60.1. The van der Waals surface area contributed by atoms with Gasteiger partial charge < -0.3 is 71.0 Å². The molecular formula is C65H81BrN14O16S. The van der Waals surface area contributed by atoms with Crippen LogP contribution in [0.2, 0.25) is 0 Å². The summed E-state index contributed by atoms with van der Waals surface area (Å²) in [4.78, 5) is 124. The molecule has 0 aliphatic carbocycles. The molecule has 2 atom stereocenters. The molecule has 2 unspecified atom stereocenters. The number of fused-ring (bicyclic) bond motifs is 1. The Kier molecular flexibility index (Phi) is 28.3. The van der Waals surface area contributed by atoms with Gasteiger partial charge in [0, 0.05) is 52.7 Å². The molecule has 7 rings (SSSR count). The average Bonchev–Trinajstić information content (AvgIpc) is 1.49. The van der Waals surface area contributed by atoms with E-state index in [0.29, 0.717) is 86.6 Å². The highest BCUT2D eigenvalue weighted by Gasteiger charge is 2.32. The van der Waals surface area contributed by atoms with Crippen LogP contribution in [0.3, 0.4) is 0 Å². The van der Waals surface area contributed by atoms with E-state index in [-0.39, 0.29) is 115 Å². The molecule has 520 valence electrons. The molecule has 0 radical (unpaired) electrons. The highest BCUT2D eigenvalue weighted by molar-refractivity contribution is 9.10. The number of hydrogen-bond donors (Lipinski definition) is 9. The second-order valence-corrected chi connectivity index (χ2v) is 26.5. The van der Waals surface area contributed by atoms with Gasteiger partial charge in [0.15, 0.2) is 0 Å². The molecule has 0 bridgehead atoms. The number of carbonyl (C=O) groups excluding carboxylic acids is 8. The monoisotopic (exact) mass is 1420 g/mol. The van der Waals surface area contributed by atoms with E-state index in [1.54, 1.807) is 68.6 Å². The number of primary amides is 1. The molecule has 0 fully saturated rings. The van der Waals surface area contributed by atoms with Gasteiger partial charge in [-0.05, 0) is 123 Å². The minimum atomic E-state index is -3.97. The first-order valence-electron chi connectivity index (χ1n) is 31.1. The van der Waals surface area contributed by atoms with Gasteiger partial charge in [-0.25, -0.2) is 32.7 Å². The number of sulfonamides is 1. The van der Waals surface area contributed by atoms with Gasteiger partial charge in [-0.3, -0.25) is 43.6 Å². The molecule has 30 nitrogen and oxygen atoms in total. The molecule has 10 N–H and O–H groups in total. The van der Waals surface area contributed by atoms with Gasteiger partial charge in [0.25, 0.3) is 17.7 Å². The van der Waals surface area contributed by atoms with Gasteiger partial charge in [0.2, 0.25) is 27.7 Å². The number of rotatable bonds is 38. The van der Waals surface area contributed by atoms with Crippen molar-refractivity contribution >= 4 is 95.9 Å². The molecule has 0 saturated heterocycles. The molecule has 1 aliphatic rings. The largest absolute Gasteiger partial charge is 0.490 e. The summed E-state index contributed by atoms with van der Waals surface area (Å²) in [7, 11) is -3.97. The number of amides is 9.